The van der Waals surface area contributed by atoms with Gasteiger partial charge in [0, 0.05) is 13.0 Å². The predicted octanol–water partition coefficient (Wildman–Crippen LogP) is -1.40. The van der Waals surface area contributed by atoms with Crippen LogP contribution in [0.15, 0.2) is 36.0 Å². The summed E-state index contributed by atoms with van der Waals surface area (Å²) in [4.78, 5) is 15.6. The molecule has 0 heterocycles. The highest BCUT2D eigenvalue weighted by Crippen LogP contribution is 2.10. The van der Waals surface area contributed by atoms with E-state index in [1.165, 1.54) is 0 Å². The van der Waals surface area contributed by atoms with Crippen LogP contribution in [0.25, 0.3) is 0 Å². The lowest BCUT2D eigenvalue weighted by Gasteiger charge is -2.15. The average Bonchev–Trinajstić information content (AvgIpc) is 2.45. The number of nitrogens with one attached hydrogen (secondary N) is 1. The summed E-state index contributed by atoms with van der Waals surface area (Å²) >= 11 is 0. The molecule has 1 amide bonds. The number of nitrogens with zero attached hydrogens (tertiary/aromatic N) is 1. The molecule has 0 bridgehead atoms. The number of hydrogen-bond acceptors (Lipinski definition) is 3. The SMILES string of the molecule is COc1ccc(C(=O)[NH+](C=C(C)C)CCCN(C)C)cc1.[Cl-]. The van der Waals surface area contributed by atoms with Crippen LogP contribution >= 0.6 is 0 Å². The first-order valence-electron chi connectivity index (χ1n) is 7.28. The third kappa shape index (κ3) is 7.07. The van der Waals surface area contributed by atoms with Gasteiger partial charge in [0.15, 0.2) is 0 Å². The molecule has 124 valence electrons. The van der Waals surface area contributed by atoms with E-state index < -0.39 is 0 Å². The van der Waals surface area contributed by atoms with Crippen LogP contribution in [0.4, 0.5) is 0 Å². The minimum atomic E-state index is 0. The molecule has 0 aromatic heterocycles. The first-order valence-corrected chi connectivity index (χ1v) is 7.28. The lowest BCUT2D eigenvalue weighted by Crippen LogP contribution is -3.10. The Labute approximate surface area is 140 Å². The van der Waals surface area contributed by atoms with Crippen molar-refractivity contribution < 1.29 is 26.8 Å². The van der Waals surface area contributed by atoms with Gasteiger partial charge in [-0.25, -0.2) is 9.69 Å². The maximum Gasteiger partial charge on any atom is 0.348 e. The van der Waals surface area contributed by atoms with Crippen LogP contribution in [0.1, 0.15) is 30.6 Å². The Morgan fingerprint density at radius 3 is 2.27 bits per heavy atom. The quantitative estimate of drug-likeness (QED) is 0.669. The van der Waals surface area contributed by atoms with E-state index >= 15 is 0 Å². The normalized spacial score (nSPS) is 11.5. The van der Waals surface area contributed by atoms with Gasteiger partial charge in [-0.15, -0.1) is 0 Å². The molecule has 0 radical (unpaired) electrons. The van der Waals surface area contributed by atoms with Gasteiger partial charge >= 0.3 is 5.91 Å². The molecule has 4 nitrogen and oxygen atoms in total. The van der Waals surface area contributed by atoms with Crippen LogP contribution in [0, 0.1) is 0 Å². The Balaban J connectivity index is 0.00000441. The van der Waals surface area contributed by atoms with E-state index in [1.54, 1.807) is 7.11 Å². The van der Waals surface area contributed by atoms with Gasteiger partial charge in [-0.2, -0.15) is 0 Å². The summed E-state index contributed by atoms with van der Waals surface area (Å²) in [5.74, 6) is 0.875. The molecule has 0 saturated carbocycles. The van der Waals surface area contributed by atoms with Crippen molar-refractivity contribution in [3.63, 3.8) is 0 Å². The minimum Gasteiger partial charge on any atom is -1.00 e. The molecule has 1 N–H and O–H groups in total. The van der Waals surface area contributed by atoms with Gasteiger partial charge in [0.05, 0.1) is 19.2 Å². The fraction of sp³-hybridized carbons (Fsp3) is 0.471. The van der Waals surface area contributed by atoms with Gasteiger partial charge in [-0.3, -0.25) is 0 Å². The van der Waals surface area contributed by atoms with Gasteiger partial charge in [0.1, 0.15) is 11.9 Å². The summed E-state index contributed by atoms with van der Waals surface area (Å²) in [7, 11) is 5.72. The third-order valence-electron chi connectivity index (χ3n) is 3.16. The lowest BCUT2D eigenvalue weighted by molar-refractivity contribution is -0.757. The highest BCUT2D eigenvalue weighted by Gasteiger charge is 2.19. The summed E-state index contributed by atoms with van der Waals surface area (Å²) < 4.78 is 5.13. The number of allylic oxidation sites excluding steroid dienone is 1. The summed E-state index contributed by atoms with van der Waals surface area (Å²) in [6.45, 7) is 5.82. The maximum absolute atomic E-state index is 12.6. The summed E-state index contributed by atoms with van der Waals surface area (Å²) in [6, 6.07) is 7.30. The molecular formula is C17H27ClN2O2. The van der Waals surface area contributed by atoms with Crippen molar-refractivity contribution in [2.45, 2.75) is 20.3 Å². The standard InChI is InChI=1S/C17H26N2O2.ClH/c1-14(2)13-19(12-6-11-18(3)4)17(20)15-7-9-16(21-5)10-8-15;/h7-10,13H,6,11-12H2,1-5H3;1H. The number of carbonyl (C=O) groups is 1. The second kappa shape index (κ2) is 10.4. The van der Waals surface area contributed by atoms with Crippen molar-refractivity contribution in [2.75, 3.05) is 34.3 Å². The second-order valence-corrected chi connectivity index (χ2v) is 5.71. The monoisotopic (exact) mass is 326 g/mol. The van der Waals surface area contributed by atoms with E-state index in [9.17, 15) is 4.79 Å². The van der Waals surface area contributed by atoms with Gasteiger partial charge < -0.3 is 22.0 Å². The molecule has 0 aliphatic carbocycles. The maximum atomic E-state index is 12.6. The number of ether oxygens (including phenoxy) is 1. The van der Waals surface area contributed by atoms with E-state index in [0.29, 0.717) is 5.56 Å². The van der Waals surface area contributed by atoms with Crippen molar-refractivity contribution >= 4 is 5.91 Å². The van der Waals surface area contributed by atoms with Crippen LogP contribution in [-0.2, 0) is 0 Å². The Kier molecular flexibility index (Phi) is 9.74. The molecule has 1 aromatic carbocycles. The van der Waals surface area contributed by atoms with E-state index in [0.717, 1.165) is 35.7 Å². The Bertz CT molecular complexity index is 480. The fourth-order valence-electron chi connectivity index (χ4n) is 2.11. The molecule has 1 unspecified atom stereocenters. The Hall–Kier alpha value is -1.36. The van der Waals surface area contributed by atoms with Crippen LogP contribution in [0.2, 0.25) is 0 Å². The number of methoxy groups -OCH3 is 1. The van der Waals surface area contributed by atoms with Crippen LogP contribution in [0.3, 0.4) is 0 Å². The summed E-state index contributed by atoms with van der Waals surface area (Å²) in [5.41, 5.74) is 1.87. The fourth-order valence-corrected chi connectivity index (χ4v) is 2.11. The van der Waals surface area contributed by atoms with E-state index in [-0.39, 0.29) is 18.3 Å². The highest BCUT2D eigenvalue weighted by molar-refractivity contribution is 5.87. The van der Waals surface area contributed by atoms with Gasteiger partial charge in [0.25, 0.3) is 0 Å². The third-order valence-corrected chi connectivity index (χ3v) is 3.16. The summed E-state index contributed by atoms with van der Waals surface area (Å²) in [6.07, 6.45) is 2.98. The number of carbonyl (C=O) groups excluding carboxylic acids is 1. The zero-order valence-corrected chi connectivity index (χ0v) is 14.9. The molecule has 1 atom stereocenters. The van der Waals surface area contributed by atoms with E-state index in [4.69, 9.17) is 4.74 Å². The molecular weight excluding hydrogens is 300 g/mol. The Morgan fingerprint density at radius 1 is 1.23 bits per heavy atom. The molecule has 0 aliphatic rings. The van der Waals surface area contributed by atoms with Crippen molar-refractivity contribution in [1.29, 1.82) is 0 Å². The number of benzene rings is 1. The summed E-state index contributed by atoms with van der Waals surface area (Å²) in [5, 5.41) is 0. The lowest BCUT2D eigenvalue weighted by atomic mass is 10.2. The average molecular weight is 327 g/mol. The first-order chi connectivity index (χ1) is 9.93. The van der Waals surface area contributed by atoms with Gasteiger partial charge in [0.2, 0.25) is 0 Å². The van der Waals surface area contributed by atoms with Gasteiger partial charge in [-0.05, 0) is 57.8 Å². The topological polar surface area (TPSA) is 34.0 Å². The van der Waals surface area contributed by atoms with Crippen molar-refractivity contribution in [3.8, 4) is 5.75 Å². The van der Waals surface area contributed by atoms with Crippen molar-refractivity contribution in [1.82, 2.24) is 4.90 Å². The van der Waals surface area contributed by atoms with Crippen LogP contribution in [-0.4, -0.2) is 45.1 Å². The second-order valence-electron chi connectivity index (χ2n) is 5.71. The highest BCUT2D eigenvalue weighted by atomic mass is 35.5. The number of quaternary nitrogens is 1. The molecule has 0 spiro atoms. The number of hydrogen-bond donors (Lipinski definition) is 1. The number of rotatable bonds is 7. The molecule has 0 aliphatic heterocycles. The molecule has 0 fully saturated rings. The van der Waals surface area contributed by atoms with E-state index in [1.807, 2.05) is 58.4 Å². The minimum absolute atomic E-state index is 0. The number of halogens is 1. The predicted molar refractivity (Wildman–Crippen MR) is 85.8 cm³/mol. The number of amides is 1. The Morgan fingerprint density at radius 2 is 1.82 bits per heavy atom. The molecule has 5 heteroatoms. The van der Waals surface area contributed by atoms with Crippen LogP contribution < -0.4 is 22.0 Å². The van der Waals surface area contributed by atoms with Crippen LogP contribution in [0.5, 0.6) is 5.75 Å². The zero-order valence-electron chi connectivity index (χ0n) is 14.1. The molecule has 22 heavy (non-hydrogen) atoms. The molecule has 1 aromatic rings. The smallest absolute Gasteiger partial charge is 0.348 e. The molecule has 0 saturated heterocycles. The molecule has 1 rings (SSSR count). The van der Waals surface area contributed by atoms with Gasteiger partial charge in [-0.1, -0.05) is 0 Å². The van der Waals surface area contributed by atoms with E-state index in [2.05, 4.69) is 4.90 Å². The largest absolute Gasteiger partial charge is 1.00 e. The van der Waals surface area contributed by atoms with Crippen molar-refractivity contribution in [3.05, 3.63) is 41.6 Å². The zero-order chi connectivity index (χ0) is 15.8. The first kappa shape index (κ1) is 20.6. The van der Waals surface area contributed by atoms with Crippen molar-refractivity contribution in [2.24, 2.45) is 0 Å².